The Labute approximate surface area is 135 Å². The fourth-order valence-electron chi connectivity index (χ4n) is 2.32. The molecule has 1 heterocycles. The van der Waals surface area contributed by atoms with E-state index in [4.69, 9.17) is 12.2 Å². The van der Waals surface area contributed by atoms with Crippen LogP contribution in [0, 0.1) is 5.82 Å². The van der Waals surface area contributed by atoms with Gasteiger partial charge in [0.15, 0.2) is 5.11 Å². The first-order chi connectivity index (χ1) is 10.7. The summed E-state index contributed by atoms with van der Waals surface area (Å²) in [6.45, 7) is 1.40. The largest absolute Gasteiger partial charge is 0.358 e. The van der Waals surface area contributed by atoms with E-state index in [0.717, 1.165) is 17.2 Å². The molecule has 5 heteroatoms. The fourth-order valence-corrected chi connectivity index (χ4v) is 2.61. The van der Waals surface area contributed by atoms with Gasteiger partial charge < -0.3 is 10.2 Å². The lowest BCUT2D eigenvalue weighted by Gasteiger charge is -2.26. The SMILES string of the molecule is Fc1ccc(CNC(=S)N(Cc2ccncc2)C2CC2)cc1. The van der Waals surface area contributed by atoms with Gasteiger partial charge in [-0.15, -0.1) is 0 Å². The van der Waals surface area contributed by atoms with Crippen molar-refractivity contribution in [2.24, 2.45) is 0 Å². The maximum Gasteiger partial charge on any atom is 0.169 e. The molecule has 0 aliphatic heterocycles. The van der Waals surface area contributed by atoms with Crippen LogP contribution < -0.4 is 5.32 Å². The van der Waals surface area contributed by atoms with E-state index in [1.807, 2.05) is 12.1 Å². The maximum atomic E-state index is 12.9. The second-order valence-electron chi connectivity index (χ2n) is 5.50. The van der Waals surface area contributed by atoms with Gasteiger partial charge >= 0.3 is 0 Å². The third-order valence-corrected chi connectivity index (χ3v) is 4.09. The summed E-state index contributed by atoms with van der Waals surface area (Å²) in [7, 11) is 0. The van der Waals surface area contributed by atoms with Crippen LogP contribution in [-0.2, 0) is 13.1 Å². The van der Waals surface area contributed by atoms with E-state index in [2.05, 4.69) is 15.2 Å². The van der Waals surface area contributed by atoms with E-state index in [0.29, 0.717) is 12.6 Å². The van der Waals surface area contributed by atoms with E-state index >= 15 is 0 Å². The highest BCUT2D eigenvalue weighted by Crippen LogP contribution is 2.28. The van der Waals surface area contributed by atoms with Crippen molar-refractivity contribution >= 4 is 17.3 Å². The van der Waals surface area contributed by atoms with Gasteiger partial charge in [0.1, 0.15) is 5.82 Å². The molecule has 1 aliphatic rings. The number of aromatic nitrogens is 1. The van der Waals surface area contributed by atoms with Crippen LogP contribution in [-0.4, -0.2) is 21.0 Å². The molecule has 22 heavy (non-hydrogen) atoms. The van der Waals surface area contributed by atoms with E-state index in [1.165, 1.54) is 30.5 Å². The molecule has 0 bridgehead atoms. The van der Waals surface area contributed by atoms with Crippen LogP contribution in [0.25, 0.3) is 0 Å². The zero-order chi connectivity index (χ0) is 15.4. The fraction of sp³-hybridized carbons (Fsp3) is 0.294. The van der Waals surface area contributed by atoms with Crippen LogP contribution in [0.5, 0.6) is 0 Å². The molecule has 1 aromatic heterocycles. The number of pyridine rings is 1. The van der Waals surface area contributed by atoms with Crippen LogP contribution >= 0.6 is 12.2 Å². The Morgan fingerprint density at radius 3 is 2.45 bits per heavy atom. The molecule has 1 aromatic carbocycles. The standard InChI is InChI=1S/C17H18FN3S/c18-15-3-1-13(2-4-15)11-20-17(22)21(16-5-6-16)12-14-7-9-19-10-8-14/h1-4,7-10,16H,5-6,11-12H2,(H,20,22). The Morgan fingerprint density at radius 1 is 1.14 bits per heavy atom. The average molecular weight is 315 g/mol. The quantitative estimate of drug-likeness (QED) is 0.857. The molecule has 3 nitrogen and oxygen atoms in total. The predicted octanol–water partition coefficient (Wildman–Crippen LogP) is 3.26. The number of halogens is 1. The Kier molecular flexibility index (Phi) is 4.63. The molecular formula is C17H18FN3S. The van der Waals surface area contributed by atoms with E-state index in [1.54, 1.807) is 24.5 Å². The first-order valence-corrected chi connectivity index (χ1v) is 7.81. The van der Waals surface area contributed by atoms with Gasteiger partial charge in [-0.3, -0.25) is 4.98 Å². The molecule has 0 spiro atoms. The highest BCUT2D eigenvalue weighted by Gasteiger charge is 2.30. The lowest BCUT2D eigenvalue weighted by Crippen LogP contribution is -2.40. The first kappa shape index (κ1) is 14.9. The maximum absolute atomic E-state index is 12.9. The van der Waals surface area contributed by atoms with Crippen molar-refractivity contribution in [3.8, 4) is 0 Å². The van der Waals surface area contributed by atoms with Crippen LogP contribution in [0.4, 0.5) is 4.39 Å². The average Bonchev–Trinajstić information content (AvgIpc) is 3.37. The minimum atomic E-state index is -0.219. The zero-order valence-electron chi connectivity index (χ0n) is 12.2. The Bertz CT molecular complexity index is 626. The third kappa shape index (κ3) is 4.01. The van der Waals surface area contributed by atoms with Crippen molar-refractivity contribution in [3.63, 3.8) is 0 Å². The number of hydrogen-bond acceptors (Lipinski definition) is 2. The van der Waals surface area contributed by atoms with Crippen LogP contribution in [0.15, 0.2) is 48.8 Å². The molecular weight excluding hydrogens is 297 g/mol. The number of nitrogens with one attached hydrogen (secondary N) is 1. The lowest BCUT2D eigenvalue weighted by atomic mass is 10.2. The molecule has 114 valence electrons. The molecule has 0 radical (unpaired) electrons. The van der Waals surface area contributed by atoms with Crippen molar-refractivity contribution in [3.05, 3.63) is 65.7 Å². The Balaban J connectivity index is 1.59. The summed E-state index contributed by atoms with van der Waals surface area (Å²) in [4.78, 5) is 6.27. The Morgan fingerprint density at radius 2 is 1.82 bits per heavy atom. The van der Waals surface area contributed by atoms with E-state index < -0.39 is 0 Å². The number of benzene rings is 1. The zero-order valence-corrected chi connectivity index (χ0v) is 13.0. The molecule has 0 saturated heterocycles. The van der Waals surface area contributed by atoms with E-state index in [9.17, 15) is 4.39 Å². The lowest BCUT2D eigenvalue weighted by molar-refractivity contribution is 0.395. The van der Waals surface area contributed by atoms with Gasteiger partial charge in [-0.2, -0.15) is 0 Å². The monoisotopic (exact) mass is 315 g/mol. The number of thiocarbonyl (C=S) groups is 1. The molecule has 1 saturated carbocycles. The summed E-state index contributed by atoms with van der Waals surface area (Å²) in [6.07, 6.45) is 5.97. The minimum absolute atomic E-state index is 0.219. The van der Waals surface area contributed by atoms with Crippen LogP contribution in [0.3, 0.4) is 0 Å². The van der Waals surface area contributed by atoms with Gasteiger partial charge in [0.2, 0.25) is 0 Å². The summed E-state index contributed by atoms with van der Waals surface area (Å²) in [6, 6.07) is 11.0. The highest BCUT2D eigenvalue weighted by molar-refractivity contribution is 7.80. The molecule has 3 rings (SSSR count). The first-order valence-electron chi connectivity index (χ1n) is 7.40. The molecule has 2 aromatic rings. The summed E-state index contributed by atoms with van der Waals surface area (Å²) >= 11 is 5.54. The molecule has 0 amide bonds. The highest BCUT2D eigenvalue weighted by atomic mass is 32.1. The summed E-state index contributed by atoms with van der Waals surface area (Å²) in [5.74, 6) is -0.219. The van der Waals surface area contributed by atoms with Crippen molar-refractivity contribution < 1.29 is 4.39 Å². The van der Waals surface area contributed by atoms with Crippen molar-refractivity contribution in [2.75, 3.05) is 0 Å². The summed E-state index contributed by atoms with van der Waals surface area (Å²) in [5.41, 5.74) is 2.22. The van der Waals surface area contributed by atoms with Gasteiger partial charge in [-0.1, -0.05) is 12.1 Å². The van der Waals surface area contributed by atoms with Gasteiger partial charge in [0.25, 0.3) is 0 Å². The van der Waals surface area contributed by atoms with Gasteiger partial charge in [0.05, 0.1) is 0 Å². The molecule has 1 aliphatic carbocycles. The van der Waals surface area contributed by atoms with Gasteiger partial charge in [0, 0.05) is 31.5 Å². The molecule has 0 atom stereocenters. The Hall–Kier alpha value is -2.01. The number of nitrogens with zero attached hydrogens (tertiary/aromatic N) is 2. The van der Waals surface area contributed by atoms with Gasteiger partial charge in [-0.25, -0.2) is 4.39 Å². The third-order valence-electron chi connectivity index (χ3n) is 3.71. The normalized spacial score (nSPS) is 13.7. The minimum Gasteiger partial charge on any atom is -0.358 e. The van der Waals surface area contributed by atoms with Crippen molar-refractivity contribution in [1.82, 2.24) is 15.2 Å². The van der Waals surface area contributed by atoms with Gasteiger partial charge in [-0.05, 0) is 60.5 Å². The van der Waals surface area contributed by atoms with Crippen molar-refractivity contribution in [1.29, 1.82) is 0 Å². The molecule has 0 unspecified atom stereocenters. The summed E-state index contributed by atoms with van der Waals surface area (Å²) in [5, 5.41) is 4.03. The second-order valence-corrected chi connectivity index (χ2v) is 5.89. The molecule has 1 N–H and O–H groups in total. The second kappa shape index (κ2) is 6.83. The predicted molar refractivity (Wildman–Crippen MR) is 88.6 cm³/mol. The summed E-state index contributed by atoms with van der Waals surface area (Å²) < 4.78 is 12.9. The van der Waals surface area contributed by atoms with Crippen LogP contribution in [0.2, 0.25) is 0 Å². The van der Waals surface area contributed by atoms with Crippen molar-refractivity contribution in [2.45, 2.75) is 32.0 Å². The smallest absolute Gasteiger partial charge is 0.169 e. The number of hydrogen-bond donors (Lipinski definition) is 1. The number of rotatable bonds is 5. The van der Waals surface area contributed by atoms with E-state index in [-0.39, 0.29) is 5.82 Å². The topological polar surface area (TPSA) is 28.2 Å². The van der Waals surface area contributed by atoms with Crippen LogP contribution in [0.1, 0.15) is 24.0 Å². The molecule has 1 fully saturated rings.